The molecule has 6 nitrogen and oxygen atoms in total. The van der Waals surface area contributed by atoms with Gasteiger partial charge in [-0.1, -0.05) is 18.2 Å². The number of nitrogens with one attached hydrogen (secondary N) is 3. The van der Waals surface area contributed by atoms with Gasteiger partial charge in [0.05, 0.1) is 6.42 Å². The standard InChI is InChI=1S/C20H21N3O3/c1-13(24)21-16-7-5-14(6-8-16)11-19(25)22-18-4-2-3-15(12-18)20(26)23-17-9-10-17/h2-8,12,17H,9-11H2,1H3,(H,21,24)(H,22,25)(H,23,26). The molecule has 1 aliphatic carbocycles. The van der Waals surface area contributed by atoms with Gasteiger partial charge in [-0.25, -0.2) is 0 Å². The summed E-state index contributed by atoms with van der Waals surface area (Å²) in [5, 5.41) is 8.42. The fourth-order valence-electron chi connectivity index (χ4n) is 2.53. The van der Waals surface area contributed by atoms with Gasteiger partial charge in [0, 0.05) is 29.9 Å². The second kappa shape index (κ2) is 7.82. The van der Waals surface area contributed by atoms with Crippen LogP contribution in [0.5, 0.6) is 0 Å². The van der Waals surface area contributed by atoms with Gasteiger partial charge in [0.25, 0.3) is 5.91 Å². The summed E-state index contributed by atoms with van der Waals surface area (Å²) < 4.78 is 0. The van der Waals surface area contributed by atoms with Gasteiger partial charge in [-0.15, -0.1) is 0 Å². The molecule has 134 valence electrons. The second-order valence-electron chi connectivity index (χ2n) is 6.43. The van der Waals surface area contributed by atoms with Crippen molar-refractivity contribution in [3.63, 3.8) is 0 Å². The molecule has 6 heteroatoms. The van der Waals surface area contributed by atoms with Crippen LogP contribution in [-0.2, 0) is 16.0 Å². The summed E-state index contributed by atoms with van der Waals surface area (Å²) in [6, 6.07) is 14.3. The van der Waals surface area contributed by atoms with Crippen molar-refractivity contribution in [1.82, 2.24) is 5.32 Å². The van der Waals surface area contributed by atoms with E-state index in [1.165, 1.54) is 6.92 Å². The SMILES string of the molecule is CC(=O)Nc1ccc(CC(=O)Nc2cccc(C(=O)NC3CC3)c2)cc1. The fraction of sp³-hybridized carbons (Fsp3) is 0.250. The molecular weight excluding hydrogens is 330 g/mol. The average Bonchev–Trinajstić information content (AvgIpc) is 3.40. The molecule has 0 bridgehead atoms. The van der Waals surface area contributed by atoms with Gasteiger partial charge in [0.1, 0.15) is 0 Å². The van der Waals surface area contributed by atoms with Crippen LogP contribution >= 0.6 is 0 Å². The number of amides is 3. The molecule has 0 aromatic heterocycles. The first-order valence-corrected chi connectivity index (χ1v) is 8.57. The molecule has 2 aromatic rings. The van der Waals surface area contributed by atoms with Gasteiger partial charge >= 0.3 is 0 Å². The molecule has 1 fully saturated rings. The monoisotopic (exact) mass is 351 g/mol. The number of hydrogen-bond acceptors (Lipinski definition) is 3. The molecule has 0 aliphatic heterocycles. The van der Waals surface area contributed by atoms with E-state index in [9.17, 15) is 14.4 Å². The molecular formula is C20H21N3O3. The van der Waals surface area contributed by atoms with E-state index in [2.05, 4.69) is 16.0 Å². The lowest BCUT2D eigenvalue weighted by molar-refractivity contribution is -0.116. The van der Waals surface area contributed by atoms with Gasteiger partial charge in [0.15, 0.2) is 0 Å². The third-order valence-electron chi connectivity index (χ3n) is 3.96. The van der Waals surface area contributed by atoms with E-state index in [4.69, 9.17) is 0 Å². The van der Waals surface area contributed by atoms with Crippen molar-refractivity contribution < 1.29 is 14.4 Å². The van der Waals surface area contributed by atoms with Crippen molar-refractivity contribution in [3.8, 4) is 0 Å². The molecule has 0 spiro atoms. The van der Waals surface area contributed by atoms with Crippen LogP contribution in [0.4, 0.5) is 11.4 Å². The molecule has 3 N–H and O–H groups in total. The van der Waals surface area contributed by atoms with Crippen molar-refractivity contribution in [2.45, 2.75) is 32.2 Å². The molecule has 0 atom stereocenters. The predicted molar refractivity (Wildman–Crippen MR) is 100 cm³/mol. The first-order valence-electron chi connectivity index (χ1n) is 8.57. The first kappa shape index (κ1) is 17.7. The Labute approximate surface area is 152 Å². The normalized spacial score (nSPS) is 13.0. The third-order valence-corrected chi connectivity index (χ3v) is 3.96. The summed E-state index contributed by atoms with van der Waals surface area (Å²) >= 11 is 0. The Kier molecular flexibility index (Phi) is 5.31. The molecule has 1 aliphatic rings. The van der Waals surface area contributed by atoms with Crippen LogP contribution in [-0.4, -0.2) is 23.8 Å². The highest BCUT2D eigenvalue weighted by Crippen LogP contribution is 2.20. The van der Waals surface area contributed by atoms with E-state index in [-0.39, 0.29) is 24.1 Å². The quantitative estimate of drug-likeness (QED) is 0.748. The minimum absolute atomic E-state index is 0.114. The maximum atomic E-state index is 12.2. The molecule has 0 radical (unpaired) electrons. The van der Waals surface area contributed by atoms with Crippen molar-refractivity contribution in [1.29, 1.82) is 0 Å². The van der Waals surface area contributed by atoms with Crippen LogP contribution in [0.2, 0.25) is 0 Å². The highest BCUT2D eigenvalue weighted by atomic mass is 16.2. The van der Waals surface area contributed by atoms with Crippen molar-refractivity contribution in [2.75, 3.05) is 10.6 Å². The van der Waals surface area contributed by atoms with Crippen molar-refractivity contribution in [3.05, 3.63) is 59.7 Å². The van der Waals surface area contributed by atoms with E-state index in [0.717, 1.165) is 18.4 Å². The van der Waals surface area contributed by atoms with Gasteiger partial charge < -0.3 is 16.0 Å². The van der Waals surface area contributed by atoms with Crippen LogP contribution < -0.4 is 16.0 Å². The number of anilines is 2. The number of carbonyl (C=O) groups excluding carboxylic acids is 3. The van der Waals surface area contributed by atoms with Crippen molar-refractivity contribution in [2.24, 2.45) is 0 Å². The number of rotatable bonds is 6. The van der Waals surface area contributed by atoms with Gasteiger partial charge in [0.2, 0.25) is 11.8 Å². The van der Waals surface area contributed by atoms with Crippen LogP contribution in [0.3, 0.4) is 0 Å². The summed E-state index contributed by atoms with van der Waals surface area (Å²) in [6.45, 7) is 1.44. The van der Waals surface area contributed by atoms with Crippen LogP contribution in [0.25, 0.3) is 0 Å². The van der Waals surface area contributed by atoms with E-state index < -0.39 is 0 Å². The van der Waals surface area contributed by atoms with E-state index in [1.54, 1.807) is 48.5 Å². The predicted octanol–water partition coefficient (Wildman–Crippen LogP) is 2.72. The van der Waals surface area contributed by atoms with Crippen molar-refractivity contribution >= 4 is 29.1 Å². The zero-order valence-electron chi connectivity index (χ0n) is 14.5. The lowest BCUT2D eigenvalue weighted by Gasteiger charge is -2.09. The maximum Gasteiger partial charge on any atom is 0.251 e. The molecule has 0 heterocycles. The van der Waals surface area contributed by atoms with Crippen LogP contribution in [0.15, 0.2) is 48.5 Å². The van der Waals surface area contributed by atoms with E-state index in [0.29, 0.717) is 23.0 Å². The van der Waals surface area contributed by atoms with Gasteiger partial charge in [-0.2, -0.15) is 0 Å². The highest BCUT2D eigenvalue weighted by Gasteiger charge is 2.23. The van der Waals surface area contributed by atoms with Crippen LogP contribution in [0, 0.1) is 0 Å². The summed E-state index contributed by atoms with van der Waals surface area (Å²) in [4.78, 5) is 35.3. The zero-order chi connectivity index (χ0) is 18.5. The zero-order valence-corrected chi connectivity index (χ0v) is 14.5. The Bertz CT molecular complexity index is 826. The summed E-state index contributed by atoms with van der Waals surface area (Å²) in [5.74, 6) is -0.421. The number of benzene rings is 2. The van der Waals surface area contributed by atoms with Gasteiger partial charge in [-0.05, 0) is 48.7 Å². The minimum atomic E-state index is -0.169. The highest BCUT2D eigenvalue weighted by molar-refractivity contribution is 5.97. The Morgan fingerprint density at radius 3 is 2.35 bits per heavy atom. The Balaban J connectivity index is 1.57. The van der Waals surface area contributed by atoms with Gasteiger partial charge in [-0.3, -0.25) is 14.4 Å². The molecule has 0 unspecified atom stereocenters. The Morgan fingerprint density at radius 2 is 1.69 bits per heavy atom. The lowest BCUT2D eigenvalue weighted by atomic mass is 10.1. The largest absolute Gasteiger partial charge is 0.349 e. The molecule has 3 rings (SSSR count). The molecule has 1 saturated carbocycles. The molecule has 2 aromatic carbocycles. The van der Waals surface area contributed by atoms with E-state index >= 15 is 0 Å². The summed E-state index contributed by atoms with van der Waals surface area (Å²) in [5.41, 5.74) is 2.65. The number of hydrogen-bond donors (Lipinski definition) is 3. The Morgan fingerprint density at radius 1 is 0.962 bits per heavy atom. The minimum Gasteiger partial charge on any atom is -0.349 e. The summed E-state index contributed by atoms with van der Waals surface area (Å²) in [6.07, 6.45) is 2.27. The maximum absolute atomic E-state index is 12.2. The smallest absolute Gasteiger partial charge is 0.251 e. The second-order valence-corrected chi connectivity index (χ2v) is 6.43. The van der Waals surface area contributed by atoms with Crippen LogP contribution in [0.1, 0.15) is 35.7 Å². The van der Waals surface area contributed by atoms with E-state index in [1.807, 2.05) is 0 Å². The topological polar surface area (TPSA) is 87.3 Å². The first-order chi connectivity index (χ1) is 12.5. The fourth-order valence-corrected chi connectivity index (χ4v) is 2.53. The third kappa shape index (κ3) is 5.17. The molecule has 3 amide bonds. The Hall–Kier alpha value is -3.15. The number of carbonyl (C=O) groups is 3. The average molecular weight is 351 g/mol. The summed E-state index contributed by atoms with van der Waals surface area (Å²) in [7, 11) is 0. The lowest BCUT2D eigenvalue weighted by Crippen LogP contribution is -2.25. The molecule has 0 saturated heterocycles. The molecule has 26 heavy (non-hydrogen) atoms.